The van der Waals surface area contributed by atoms with Gasteiger partial charge in [0.25, 0.3) is 0 Å². The van der Waals surface area contributed by atoms with Gasteiger partial charge in [-0.3, -0.25) is 0 Å². The molecule has 0 aliphatic heterocycles. The summed E-state index contributed by atoms with van der Waals surface area (Å²) in [7, 11) is 0. The first kappa shape index (κ1) is 21.2. The van der Waals surface area contributed by atoms with Gasteiger partial charge in [-0.2, -0.15) is 0 Å². The second-order valence-electron chi connectivity index (χ2n) is 14.7. The van der Waals surface area contributed by atoms with Crippen LogP contribution in [-0.2, 0) is 0 Å². The predicted octanol–water partition coefficient (Wildman–Crippen LogP) is 6.44. The van der Waals surface area contributed by atoms with E-state index in [1.54, 1.807) is 0 Å². The lowest BCUT2D eigenvalue weighted by Gasteiger charge is -2.83. The Bertz CT molecular complexity index is 775. The van der Waals surface area contributed by atoms with Crippen LogP contribution in [0.3, 0.4) is 0 Å². The van der Waals surface area contributed by atoms with Crippen molar-refractivity contribution in [3.05, 3.63) is 0 Å². The van der Waals surface area contributed by atoms with Crippen molar-refractivity contribution in [2.24, 2.45) is 69.5 Å². The van der Waals surface area contributed by atoms with E-state index < -0.39 is 0 Å². The van der Waals surface area contributed by atoms with Gasteiger partial charge in [0.1, 0.15) is 0 Å². The molecule has 0 heterocycles. The summed E-state index contributed by atoms with van der Waals surface area (Å²) in [6, 6.07) is 0. The second-order valence-corrected chi connectivity index (χ2v) is 14.7. The Balaban J connectivity index is 1.12. The Labute approximate surface area is 196 Å². The molecule has 0 aromatic carbocycles. The third-order valence-corrected chi connectivity index (χ3v) is 14.1. The Morgan fingerprint density at radius 1 is 0.812 bits per heavy atom. The van der Waals surface area contributed by atoms with Gasteiger partial charge in [-0.25, -0.2) is 0 Å². The topological polar surface area (TPSA) is 40.5 Å². The Morgan fingerprint density at radius 2 is 1.59 bits per heavy atom. The van der Waals surface area contributed by atoms with E-state index in [1.165, 1.54) is 70.6 Å². The first-order valence-corrected chi connectivity index (χ1v) is 14.7. The molecule has 2 unspecified atom stereocenters. The number of fused-ring (bicyclic) bond motifs is 4. The summed E-state index contributed by atoms with van der Waals surface area (Å²) in [5.74, 6) is 7.66. The molecule has 2 nitrogen and oxygen atoms in total. The normalized spacial score (nSPS) is 59.5. The lowest BCUT2D eigenvalue weighted by molar-refractivity contribution is -0.361. The van der Waals surface area contributed by atoms with E-state index in [9.17, 15) is 10.2 Å². The van der Waals surface area contributed by atoms with Crippen molar-refractivity contribution < 1.29 is 10.2 Å². The molecule has 0 aromatic heterocycles. The number of aliphatic hydroxyl groups excluding tert-OH is 2. The van der Waals surface area contributed by atoms with Crippen LogP contribution >= 0.6 is 0 Å². The first-order chi connectivity index (χ1) is 15.3. The summed E-state index contributed by atoms with van der Waals surface area (Å²) in [6.45, 7) is 7.95. The number of hydrogen-bond acceptors (Lipinski definition) is 2. The van der Waals surface area contributed by atoms with Gasteiger partial charge in [0, 0.05) is 0 Å². The Hall–Kier alpha value is -0.0800. The van der Waals surface area contributed by atoms with E-state index in [4.69, 9.17) is 0 Å². The molecule has 0 radical (unpaired) electrons. The molecule has 7 aliphatic rings. The van der Waals surface area contributed by atoms with Gasteiger partial charge in [-0.15, -0.1) is 0 Å². The van der Waals surface area contributed by atoms with Gasteiger partial charge in [0.2, 0.25) is 0 Å². The molecule has 7 fully saturated rings. The number of rotatable bonds is 5. The van der Waals surface area contributed by atoms with E-state index in [1.807, 2.05) is 0 Å². The summed E-state index contributed by atoms with van der Waals surface area (Å²) in [4.78, 5) is 0. The van der Waals surface area contributed by atoms with Crippen molar-refractivity contribution in [1.29, 1.82) is 0 Å². The molecule has 180 valence electrons. The summed E-state index contributed by atoms with van der Waals surface area (Å²) in [6.07, 6.45) is 17.4. The fourth-order valence-electron chi connectivity index (χ4n) is 12.7. The average Bonchev–Trinajstić information content (AvgIpc) is 3.54. The summed E-state index contributed by atoms with van der Waals surface area (Å²) in [5, 5.41) is 21.3. The number of aliphatic hydroxyl groups is 2. The number of hydrogen-bond donors (Lipinski definition) is 2. The highest BCUT2D eigenvalue weighted by Gasteiger charge is 2.79. The maximum absolute atomic E-state index is 10.9. The van der Waals surface area contributed by atoms with Crippen LogP contribution in [0.15, 0.2) is 0 Å². The Morgan fingerprint density at radius 3 is 2.34 bits per heavy atom. The van der Waals surface area contributed by atoms with E-state index in [-0.39, 0.29) is 12.2 Å². The van der Waals surface area contributed by atoms with Crippen molar-refractivity contribution in [1.82, 2.24) is 0 Å². The molecule has 0 amide bonds. The highest BCUT2D eigenvalue weighted by atomic mass is 16.3. The molecule has 32 heavy (non-hydrogen) atoms. The van der Waals surface area contributed by atoms with Crippen molar-refractivity contribution in [3.63, 3.8) is 0 Å². The predicted molar refractivity (Wildman–Crippen MR) is 128 cm³/mol. The molecule has 7 aliphatic carbocycles. The molecule has 13 atom stereocenters. The van der Waals surface area contributed by atoms with Crippen molar-refractivity contribution >= 4 is 0 Å². The van der Waals surface area contributed by atoms with Crippen LogP contribution in [0.4, 0.5) is 0 Å². The van der Waals surface area contributed by atoms with E-state index >= 15 is 0 Å². The van der Waals surface area contributed by atoms with Crippen LogP contribution in [0.1, 0.15) is 104 Å². The molecular formula is C30H48O2. The van der Waals surface area contributed by atoms with Crippen LogP contribution in [0.5, 0.6) is 0 Å². The van der Waals surface area contributed by atoms with Gasteiger partial charge < -0.3 is 10.2 Å². The molecule has 2 N–H and O–H groups in total. The highest BCUT2D eigenvalue weighted by Crippen LogP contribution is 2.85. The van der Waals surface area contributed by atoms with Gasteiger partial charge >= 0.3 is 0 Å². The van der Waals surface area contributed by atoms with Crippen molar-refractivity contribution in [2.75, 3.05) is 0 Å². The van der Waals surface area contributed by atoms with Gasteiger partial charge in [-0.1, -0.05) is 20.8 Å². The zero-order chi connectivity index (χ0) is 22.0. The van der Waals surface area contributed by atoms with Crippen molar-refractivity contribution in [2.45, 2.75) is 116 Å². The lowest BCUT2D eigenvalue weighted by Crippen LogP contribution is -2.78. The van der Waals surface area contributed by atoms with Gasteiger partial charge in [-0.05, 0) is 153 Å². The summed E-state index contributed by atoms with van der Waals surface area (Å²) in [5.41, 5.74) is 1.61. The molecule has 2 heteroatoms. The summed E-state index contributed by atoms with van der Waals surface area (Å²) < 4.78 is 0. The molecule has 0 saturated heterocycles. The second kappa shape index (κ2) is 6.77. The molecular weight excluding hydrogens is 392 g/mol. The third-order valence-electron chi connectivity index (χ3n) is 14.1. The molecule has 1 spiro atoms. The smallest absolute Gasteiger partial charge is 0.0574 e. The SMILES string of the molecule is C[C@H](CC[C@@H](O)C1CC1)[C@H]1CC[C@H]2[C@@H]3C[C@H]4CC5C[C@H]6[C@@H](O)CC[C@](C)([C@H]3CC[C@]12C)C546. The quantitative estimate of drug-likeness (QED) is 0.516. The molecule has 0 aromatic rings. The first-order valence-electron chi connectivity index (χ1n) is 14.7. The minimum atomic E-state index is -0.0173. The average molecular weight is 441 g/mol. The van der Waals surface area contributed by atoms with E-state index in [2.05, 4.69) is 20.8 Å². The zero-order valence-electron chi connectivity index (χ0n) is 20.9. The van der Waals surface area contributed by atoms with Gasteiger partial charge in [0.15, 0.2) is 0 Å². The largest absolute Gasteiger partial charge is 0.393 e. The Kier molecular flexibility index (Phi) is 4.49. The highest BCUT2D eigenvalue weighted by molar-refractivity contribution is 5.28. The van der Waals surface area contributed by atoms with Crippen LogP contribution < -0.4 is 0 Å². The maximum atomic E-state index is 10.9. The molecule has 7 saturated carbocycles. The monoisotopic (exact) mass is 440 g/mol. The van der Waals surface area contributed by atoms with Crippen LogP contribution in [0, 0.1) is 69.5 Å². The van der Waals surface area contributed by atoms with Crippen LogP contribution in [-0.4, -0.2) is 22.4 Å². The fourth-order valence-corrected chi connectivity index (χ4v) is 12.7. The zero-order valence-corrected chi connectivity index (χ0v) is 20.9. The third kappa shape index (κ3) is 2.41. The van der Waals surface area contributed by atoms with Gasteiger partial charge in [0.05, 0.1) is 12.2 Å². The maximum Gasteiger partial charge on any atom is 0.0574 e. The molecule has 7 rings (SSSR count). The minimum Gasteiger partial charge on any atom is -0.393 e. The standard InChI is InChI=1S/C30H48O2/c1-17(4-9-26(31)18-5-6-18)22-7-8-23-21-15-19-14-20-16-25-27(32)11-13-29(3,30(19,20)25)24(21)10-12-28(22,23)2/h17-27,31-32H,4-16H2,1-3H3/t17-,19-,20?,21+,22-,23+,24+,25+,26-,27+,28-,29-,30?/m1/s1. The van der Waals surface area contributed by atoms with E-state index in [0.717, 1.165) is 54.3 Å². The molecule has 0 bridgehead atoms. The minimum absolute atomic E-state index is 0.00947. The van der Waals surface area contributed by atoms with E-state index in [0.29, 0.717) is 28.1 Å². The fraction of sp³-hybridized carbons (Fsp3) is 1.00. The summed E-state index contributed by atoms with van der Waals surface area (Å²) >= 11 is 0. The van der Waals surface area contributed by atoms with Crippen LogP contribution in [0.2, 0.25) is 0 Å². The van der Waals surface area contributed by atoms with Crippen LogP contribution in [0.25, 0.3) is 0 Å². The lowest BCUT2D eigenvalue weighted by atomic mass is 9.22. The van der Waals surface area contributed by atoms with Crippen molar-refractivity contribution in [3.8, 4) is 0 Å².